The summed E-state index contributed by atoms with van der Waals surface area (Å²) in [6.07, 6.45) is 1.74. The van der Waals surface area contributed by atoms with Gasteiger partial charge in [0.15, 0.2) is 0 Å². The lowest BCUT2D eigenvalue weighted by atomic mass is 10.0. The van der Waals surface area contributed by atoms with Gasteiger partial charge in [0.1, 0.15) is 0 Å². The second kappa shape index (κ2) is 6.68. The monoisotopic (exact) mass is 288 g/mol. The molecule has 1 amide bonds. The molecule has 0 bridgehead atoms. The van der Waals surface area contributed by atoms with Crippen LogP contribution in [0.2, 0.25) is 0 Å². The van der Waals surface area contributed by atoms with E-state index in [1.54, 1.807) is 18.3 Å². The van der Waals surface area contributed by atoms with Crippen LogP contribution in [-0.2, 0) is 0 Å². The minimum absolute atomic E-state index is 0.111. The lowest BCUT2D eigenvalue weighted by Gasteiger charge is -2.19. The molecule has 0 aliphatic heterocycles. The molecule has 0 aliphatic rings. The number of amides is 1. The van der Waals surface area contributed by atoms with E-state index in [1.807, 2.05) is 66.7 Å². The Morgan fingerprint density at radius 3 is 2.09 bits per heavy atom. The van der Waals surface area contributed by atoms with E-state index in [0.29, 0.717) is 5.56 Å². The molecule has 22 heavy (non-hydrogen) atoms. The highest BCUT2D eigenvalue weighted by Gasteiger charge is 2.18. The van der Waals surface area contributed by atoms with E-state index in [9.17, 15) is 4.79 Å². The summed E-state index contributed by atoms with van der Waals surface area (Å²) >= 11 is 0. The molecule has 1 aromatic heterocycles. The van der Waals surface area contributed by atoms with Crippen molar-refractivity contribution in [2.75, 3.05) is 0 Å². The van der Waals surface area contributed by atoms with Crippen molar-refractivity contribution in [1.82, 2.24) is 10.3 Å². The molecule has 0 saturated heterocycles. The van der Waals surface area contributed by atoms with Gasteiger partial charge in [-0.05, 0) is 29.8 Å². The molecular weight excluding hydrogens is 272 g/mol. The quantitative estimate of drug-likeness (QED) is 0.797. The van der Waals surface area contributed by atoms with Gasteiger partial charge in [-0.15, -0.1) is 0 Å². The first-order chi connectivity index (χ1) is 10.8. The highest BCUT2D eigenvalue weighted by Crippen LogP contribution is 2.20. The van der Waals surface area contributed by atoms with Crippen molar-refractivity contribution >= 4 is 5.91 Å². The summed E-state index contributed by atoms with van der Waals surface area (Å²) in [5, 5.41) is 3.06. The van der Waals surface area contributed by atoms with E-state index >= 15 is 0 Å². The Morgan fingerprint density at radius 1 is 0.818 bits per heavy atom. The number of hydrogen-bond acceptors (Lipinski definition) is 2. The highest BCUT2D eigenvalue weighted by atomic mass is 16.1. The van der Waals surface area contributed by atoms with Gasteiger partial charge in [-0.3, -0.25) is 9.78 Å². The Bertz CT molecular complexity index is 688. The number of nitrogens with one attached hydrogen (secondary N) is 1. The van der Waals surface area contributed by atoms with Crippen LogP contribution in [0.25, 0.3) is 0 Å². The summed E-state index contributed by atoms with van der Waals surface area (Å²) in [5.74, 6) is -0.111. The Balaban J connectivity index is 1.91. The molecular formula is C19H16N2O. The van der Waals surface area contributed by atoms with Crippen LogP contribution in [0.3, 0.4) is 0 Å². The maximum Gasteiger partial charge on any atom is 0.252 e. The van der Waals surface area contributed by atoms with Gasteiger partial charge in [-0.2, -0.15) is 0 Å². The number of benzene rings is 2. The fourth-order valence-electron chi connectivity index (χ4n) is 2.32. The number of nitrogens with zero attached hydrogens (tertiary/aromatic N) is 1. The van der Waals surface area contributed by atoms with Gasteiger partial charge in [0, 0.05) is 11.8 Å². The van der Waals surface area contributed by atoms with Crippen LogP contribution in [0.15, 0.2) is 85.1 Å². The number of carbonyl (C=O) groups excluding carboxylic acids is 1. The van der Waals surface area contributed by atoms with Crippen LogP contribution < -0.4 is 5.32 Å². The molecule has 0 radical (unpaired) electrons. The molecule has 3 aromatic rings. The maximum atomic E-state index is 12.5. The topological polar surface area (TPSA) is 42.0 Å². The summed E-state index contributed by atoms with van der Waals surface area (Å²) in [4.78, 5) is 16.9. The molecule has 0 unspecified atom stereocenters. The molecule has 0 fully saturated rings. The van der Waals surface area contributed by atoms with Crippen LogP contribution in [0, 0.1) is 0 Å². The fourth-order valence-corrected chi connectivity index (χ4v) is 2.32. The molecule has 0 aliphatic carbocycles. The normalized spacial score (nSPS) is 11.6. The standard InChI is InChI=1S/C19H16N2O/c22-19(16-11-5-2-6-12-16)21-18(15-9-3-1-4-10-15)17-13-7-8-14-20-17/h1-14,18H,(H,21,22)/t18-/m0/s1. The second-order valence-electron chi connectivity index (χ2n) is 4.94. The molecule has 108 valence electrons. The zero-order valence-corrected chi connectivity index (χ0v) is 12.0. The van der Waals surface area contributed by atoms with Gasteiger partial charge in [0.05, 0.1) is 11.7 Å². The van der Waals surface area contributed by atoms with Crippen molar-refractivity contribution in [2.45, 2.75) is 6.04 Å². The van der Waals surface area contributed by atoms with Crippen LogP contribution in [-0.4, -0.2) is 10.9 Å². The summed E-state index contributed by atoms with van der Waals surface area (Å²) in [6, 6.07) is 24.5. The SMILES string of the molecule is O=C(N[C@@H](c1ccccc1)c1ccccn1)c1ccccc1. The Hall–Kier alpha value is -2.94. The first-order valence-electron chi connectivity index (χ1n) is 7.16. The average molecular weight is 288 g/mol. The molecule has 0 saturated carbocycles. The van der Waals surface area contributed by atoms with Gasteiger partial charge in [-0.1, -0.05) is 54.6 Å². The zero-order chi connectivity index (χ0) is 15.2. The van der Waals surface area contributed by atoms with Crippen molar-refractivity contribution in [1.29, 1.82) is 0 Å². The van der Waals surface area contributed by atoms with E-state index in [4.69, 9.17) is 0 Å². The van der Waals surface area contributed by atoms with Crippen molar-refractivity contribution in [3.05, 3.63) is 102 Å². The molecule has 1 heterocycles. The number of rotatable bonds is 4. The summed E-state index contributed by atoms with van der Waals surface area (Å²) in [5.41, 5.74) is 2.46. The largest absolute Gasteiger partial charge is 0.340 e. The zero-order valence-electron chi connectivity index (χ0n) is 12.0. The van der Waals surface area contributed by atoms with Crippen molar-refractivity contribution < 1.29 is 4.79 Å². The van der Waals surface area contributed by atoms with Gasteiger partial charge < -0.3 is 5.32 Å². The first kappa shape index (κ1) is 14.0. The van der Waals surface area contributed by atoms with Crippen LogP contribution in [0.5, 0.6) is 0 Å². The number of pyridine rings is 1. The molecule has 3 nitrogen and oxygen atoms in total. The van der Waals surface area contributed by atoms with E-state index in [1.165, 1.54) is 0 Å². The van der Waals surface area contributed by atoms with Crippen LogP contribution in [0.4, 0.5) is 0 Å². The minimum Gasteiger partial charge on any atom is -0.340 e. The Morgan fingerprint density at radius 2 is 1.45 bits per heavy atom. The van der Waals surface area contributed by atoms with E-state index in [-0.39, 0.29) is 11.9 Å². The smallest absolute Gasteiger partial charge is 0.252 e. The Kier molecular flexibility index (Phi) is 4.25. The first-order valence-corrected chi connectivity index (χ1v) is 7.16. The average Bonchev–Trinajstić information content (AvgIpc) is 2.62. The Labute approximate surface area is 129 Å². The lowest BCUT2D eigenvalue weighted by molar-refractivity contribution is 0.0942. The minimum atomic E-state index is -0.268. The van der Waals surface area contributed by atoms with Gasteiger partial charge in [-0.25, -0.2) is 0 Å². The molecule has 0 spiro atoms. The predicted octanol–water partition coefficient (Wildman–Crippen LogP) is 3.60. The molecule has 3 rings (SSSR count). The summed E-state index contributed by atoms with van der Waals surface area (Å²) < 4.78 is 0. The number of aromatic nitrogens is 1. The number of hydrogen-bond donors (Lipinski definition) is 1. The van der Waals surface area contributed by atoms with Crippen molar-refractivity contribution in [3.8, 4) is 0 Å². The molecule has 1 N–H and O–H groups in total. The van der Waals surface area contributed by atoms with Crippen LogP contribution >= 0.6 is 0 Å². The number of carbonyl (C=O) groups is 1. The third kappa shape index (κ3) is 3.20. The molecule has 2 aromatic carbocycles. The van der Waals surface area contributed by atoms with Crippen molar-refractivity contribution in [2.24, 2.45) is 0 Å². The molecule has 3 heteroatoms. The van der Waals surface area contributed by atoms with Gasteiger partial charge >= 0.3 is 0 Å². The van der Waals surface area contributed by atoms with E-state index < -0.39 is 0 Å². The lowest BCUT2D eigenvalue weighted by Crippen LogP contribution is -2.29. The van der Waals surface area contributed by atoms with Gasteiger partial charge in [0.2, 0.25) is 0 Å². The highest BCUT2D eigenvalue weighted by molar-refractivity contribution is 5.94. The van der Waals surface area contributed by atoms with E-state index in [2.05, 4.69) is 10.3 Å². The summed E-state index contributed by atoms with van der Waals surface area (Å²) in [7, 11) is 0. The second-order valence-corrected chi connectivity index (χ2v) is 4.94. The maximum absolute atomic E-state index is 12.5. The van der Waals surface area contributed by atoms with Gasteiger partial charge in [0.25, 0.3) is 5.91 Å². The third-order valence-electron chi connectivity index (χ3n) is 3.43. The third-order valence-corrected chi connectivity index (χ3v) is 3.43. The fraction of sp³-hybridized carbons (Fsp3) is 0.0526. The van der Waals surface area contributed by atoms with Crippen LogP contribution in [0.1, 0.15) is 27.7 Å². The van der Waals surface area contributed by atoms with Crippen molar-refractivity contribution in [3.63, 3.8) is 0 Å². The molecule has 1 atom stereocenters. The summed E-state index contributed by atoms with van der Waals surface area (Å²) in [6.45, 7) is 0. The van der Waals surface area contributed by atoms with E-state index in [0.717, 1.165) is 11.3 Å². The predicted molar refractivity (Wildman–Crippen MR) is 86.4 cm³/mol.